The van der Waals surface area contributed by atoms with Crippen LogP contribution in [0.5, 0.6) is 0 Å². The Labute approximate surface area is 161 Å². The molecule has 2 aromatic rings. The lowest BCUT2D eigenvalue weighted by molar-refractivity contribution is 0.0398. The molecule has 0 bridgehead atoms. The molecule has 7 heteroatoms. The summed E-state index contributed by atoms with van der Waals surface area (Å²) in [6.45, 7) is 6.94. The van der Waals surface area contributed by atoms with Crippen molar-refractivity contribution in [2.45, 2.75) is 6.42 Å². The standard InChI is InChI=1S/C20H29N5O2/c1-26-13-5-8-22-20-23-18(17-6-3-2-4-7-17)16-19(24-20)21-9-10-25-11-14-27-15-12-25/h2-4,6-7,16H,5,8-15H2,1H3,(H2,21,22,23,24). The van der Waals surface area contributed by atoms with Crippen molar-refractivity contribution >= 4 is 11.8 Å². The largest absolute Gasteiger partial charge is 0.385 e. The quantitative estimate of drug-likeness (QED) is 0.621. The van der Waals surface area contributed by atoms with Crippen molar-refractivity contribution in [3.05, 3.63) is 36.4 Å². The Bertz CT molecular complexity index is 677. The van der Waals surface area contributed by atoms with Crippen LogP contribution in [0.25, 0.3) is 11.3 Å². The van der Waals surface area contributed by atoms with Crippen molar-refractivity contribution in [1.82, 2.24) is 14.9 Å². The van der Waals surface area contributed by atoms with Crippen LogP contribution in [0.3, 0.4) is 0 Å². The normalized spacial score (nSPS) is 14.9. The molecule has 2 heterocycles. The van der Waals surface area contributed by atoms with E-state index in [9.17, 15) is 0 Å². The summed E-state index contributed by atoms with van der Waals surface area (Å²) in [7, 11) is 1.71. The van der Waals surface area contributed by atoms with Gasteiger partial charge < -0.3 is 20.1 Å². The molecule has 7 nitrogen and oxygen atoms in total. The molecule has 0 amide bonds. The van der Waals surface area contributed by atoms with Crippen LogP contribution in [0.2, 0.25) is 0 Å². The molecule has 0 unspecified atom stereocenters. The van der Waals surface area contributed by atoms with Crippen molar-refractivity contribution in [3.8, 4) is 11.3 Å². The van der Waals surface area contributed by atoms with Gasteiger partial charge in [0.15, 0.2) is 0 Å². The van der Waals surface area contributed by atoms with Gasteiger partial charge in [-0.15, -0.1) is 0 Å². The van der Waals surface area contributed by atoms with E-state index in [0.717, 1.165) is 76.0 Å². The van der Waals surface area contributed by atoms with E-state index in [4.69, 9.17) is 9.47 Å². The van der Waals surface area contributed by atoms with E-state index in [1.54, 1.807) is 7.11 Å². The molecule has 1 aromatic heterocycles. The van der Waals surface area contributed by atoms with E-state index in [2.05, 4.69) is 37.6 Å². The maximum Gasteiger partial charge on any atom is 0.225 e. The minimum absolute atomic E-state index is 0.640. The fourth-order valence-electron chi connectivity index (χ4n) is 2.96. The van der Waals surface area contributed by atoms with Gasteiger partial charge in [0.05, 0.1) is 18.9 Å². The lowest BCUT2D eigenvalue weighted by Crippen LogP contribution is -2.39. The number of anilines is 2. The maximum atomic E-state index is 5.40. The number of hydrogen-bond donors (Lipinski definition) is 2. The third kappa shape index (κ3) is 6.46. The Balaban J connectivity index is 1.65. The molecule has 3 rings (SSSR count). The van der Waals surface area contributed by atoms with E-state index in [-0.39, 0.29) is 0 Å². The molecule has 146 valence electrons. The van der Waals surface area contributed by atoms with Gasteiger partial charge in [0, 0.05) is 58.1 Å². The number of ether oxygens (including phenoxy) is 2. The van der Waals surface area contributed by atoms with Gasteiger partial charge in [-0.25, -0.2) is 4.98 Å². The first-order valence-electron chi connectivity index (χ1n) is 9.56. The summed E-state index contributed by atoms with van der Waals surface area (Å²) in [6, 6.07) is 12.2. The zero-order valence-electron chi connectivity index (χ0n) is 16.0. The molecule has 27 heavy (non-hydrogen) atoms. The first-order valence-corrected chi connectivity index (χ1v) is 9.56. The Morgan fingerprint density at radius 2 is 1.89 bits per heavy atom. The smallest absolute Gasteiger partial charge is 0.225 e. The number of hydrogen-bond acceptors (Lipinski definition) is 7. The Hall–Kier alpha value is -2.22. The predicted molar refractivity (Wildman–Crippen MR) is 108 cm³/mol. The van der Waals surface area contributed by atoms with Gasteiger partial charge in [-0.05, 0) is 6.42 Å². The highest BCUT2D eigenvalue weighted by molar-refractivity contribution is 5.64. The second-order valence-corrected chi connectivity index (χ2v) is 6.48. The van der Waals surface area contributed by atoms with Gasteiger partial charge in [0.2, 0.25) is 5.95 Å². The summed E-state index contributed by atoms with van der Waals surface area (Å²) in [5.74, 6) is 1.48. The predicted octanol–water partition coefficient (Wildman–Crippen LogP) is 2.34. The highest BCUT2D eigenvalue weighted by Gasteiger charge is 2.10. The molecule has 1 aromatic carbocycles. The second-order valence-electron chi connectivity index (χ2n) is 6.48. The maximum absolute atomic E-state index is 5.40. The van der Waals surface area contributed by atoms with Crippen LogP contribution < -0.4 is 10.6 Å². The number of nitrogens with one attached hydrogen (secondary N) is 2. The molecule has 1 aliphatic rings. The van der Waals surface area contributed by atoms with Crippen LogP contribution in [-0.4, -0.2) is 74.5 Å². The Kier molecular flexibility index (Phi) is 7.83. The number of nitrogens with zero attached hydrogens (tertiary/aromatic N) is 3. The summed E-state index contributed by atoms with van der Waals surface area (Å²) >= 11 is 0. The minimum Gasteiger partial charge on any atom is -0.385 e. The Morgan fingerprint density at radius 1 is 1.07 bits per heavy atom. The van der Waals surface area contributed by atoms with E-state index in [1.165, 1.54) is 0 Å². The number of benzene rings is 1. The van der Waals surface area contributed by atoms with Gasteiger partial charge >= 0.3 is 0 Å². The molecule has 1 saturated heterocycles. The van der Waals surface area contributed by atoms with Crippen molar-refractivity contribution in [3.63, 3.8) is 0 Å². The van der Waals surface area contributed by atoms with E-state index in [0.29, 0.717) is 5.95 Å². The molecule has 1 fully saturated rings. The molecular weight excluding hydrogens is 342 g/mol. The number of methoxy groups -OCH3 is 1. The van der Waals surface area contributed by atoms with E-state index >= 15 is 0 Å². The van der Waals surface area contributed by atoms with Crippen LogP contribution in [0.4, 0.5) is 11.8 Å². The van der Waals surface area contributed by atoms with Crippen LogP contribution in [0, 0.1) is 0 Å². The third-order valence-corrected chi connectivity index (χ3v) is 4.44. The van der Waals surface area contributed by atoms with Crippen LogP contribution in [0.1, 0.15) is 6.42 Å². The first-order chi connectivity index (χ1) is 13.3. The molecule has 0 saturated carbocycles. The van der Waals surface area contributed by atoms with Gasteiger partial charge in [0.1, 0.15) is 5.82 Å². The zero-order chi connectivity index (χ0) is 18.7. The second kappa shape index (κ2) is 10.8. The first kappa shape index (κ1) is 19.5. The summed E-state index contributed by atoms with van der Waals surface area (Å²) in [4.78, 5) is 11.7. The Morgan fingerprint density at radius 3 is 2.67 bits per heavy atom. The highest BCUT2D eigenvalue weighted by atomic mass is 16.5. The van der Waals surface area contributed by atoms with Crippen molar-refractivity contribution in [2.75, 3.05) is 70.3 Å². The average Bonchev–Trinajstić information content (AvgIpc) is 2.73. The summed E-state index contributed by atoms with van der Waals surface area (Å²) in [6.07, 6.45) is 0.912. The molecule has 2 N–H and O–H groups in total. The molecule has 0 atom stereocenters. The van der Waals surface area contributed by atoms with E-state index in [1.807, 2.05) is 24.3 Å². The average molecular weight is 371 g/mol. The van der Waals surface area contributed by atoms with Crippen molar-refractivity contribution < 1.29 is 9.47 Å². The van der Waals surface area contributed by atoms with Crippen molar-refractivity contribution in [1.29, 1.82) is 0 Å². The molecule has 1 aliphatic heterocycles. The zero-order valence-corrected chi connectivity index (χ0v) is 16.0. The lowest BCUT2D eigenvalue weighted by Gasteiger charge is -2.26. The van der Waals surface area contributed by atoms with Crippen molar-refractivity contribution in [2.24, 2.45) is 0 Å². The highest BCUT2D eigenvalue weighted by Crippen LogP contribution is 2.21. The van der Waals surface area contributed by atoms with Gasteiger partial charge in [0.25, 0.3) is 0 Å². The van der Waals surface area contributed by atoms with Gasteiger partial charge in [-0.3, -0.25) is 4.90 Å². The van der Waals surface area contributed by atoms with Gasteiger partial charge in [-0.2, -0.15) is 4.98 Å². The van der Waals surface area contributed by atoms with Crippen LogP contribution in [-0.2, 0) is 9.47 Å². The molecule has 0 aliphatic carbocycles. The van der Waals surface area contributed by atoms with Crippen LogP contribution >= 0.6 is 0 Å². The number of morpholine rings is 1. The summed E-state index contributed by atoms with van der Waals surface area (Å²) in [5, 5.41) is 6.75. The van der Waals surface area contributed by atoms with Crippen LogP contribution in [0.15, 0.2) is 36.4 Å². The minimum atomic E-state index is 0.640. The monoisotopic (exact) mass is 371 g/mol. The topological polar surface area (TPSA) is 71.5 Å². The third-order valence-electron chi connectivity index (χ3n) is 4.44. The summed E-state index contributed by atoms with van der Waals surface area (Å²) in [5.41, 5.74) is 1.99. The molecule has 0 radical (unpaired) electrons. The molecular formula is C20H29N5O2. The SMILES string of the molecule is COCCCNc1nc(NCCN2CCOCC2)cc(-c2ccccc2)n1. The van der Waals surface area contributed by atoms with E-state index < -0.39 is 0 Å². The van der Waals surface area contributed by atoms with Gasteiger partial charge in [-0.1, -0.05) is 30.3 Å². The fraction of sp³-hybridized carbons (Fsp3) is 0.500. The summed E-state index contributed by atoms with van der Waals surface area (Å²) < 4.78 is 10.5. The molecule has 0 spiro atoms. The number of aromatic nitrogens is 2. The lowest BCUT2D eigenvalue weighted by atomic mass is 10.1. The fourth-order valence-corrected chi connectivity index (χ4v) is 2.96. The number of rotatable bonds is 10.